The fraction of sp³-hybridized carbons (Fsp3) is 0.263. The second-order valence-corrected chi connectivity index (χ2v) is 6.84. The number of nitriles is 1. The highest BCUT2D eigenvalue weighted by molar-refractivity contribution is 6.43. The zero-order chi connectivity index (χ0) is 19.4. The van der Waals surface area contributed by atoms with Crippen LogP contribution in [-0.2, 0) is 11.2 Å². The van der Waals surface area contributed by atoms with Crippen molar-refractivity contribution < 1.29 is 19.6 Å². The van der Waals surface area contributed by atoms with Gasteiger partial charge in [-0.1, -0.05) is 41.9 Å². The fourth-order valence-electron chi connectivity index (χ4n) is 3.24. The molecule has 0 spiro atoms. The number of hydrogen-bond acceptors (Lipinski definition) is 5. The number of para-hydroxylation sites is 1. The van der Waals surface area contributed by atoms with Gasteiger partial charge in [0.2, 0.25) is 5.91 Å². The lowest BCUT2D eigenvalue weighted by atomic mass is 9.73. The average molecular weight is 385 g/mol. The van der Waals surface area contributed by atoms with Gasteiger partial charge in [0.25, 0.3) is 0 Å². The average Bonchev–Trinajstić information content (AvgIpc) is 3.06. The molecular weight excluding hydrogens is 366 g/mol. The summed E-state index contributed by atoms with van der Waals surface area (Å²) in [6.45, 7) is 0.357. The van der Waals surface area contributed by atoms with Gasteiger partial charge in [-0.15, -0.1) is 0 Å². The molecule has 27 heavy (non-hydrogen) atoms. The van der Waals surface area contributed by atoms with Gasteiger partial charge in [-0.05, 0) is 24.1 Å². The highest BCUT2D eigenvalue weighted by Crippen LogP contribution is 2.41. The Labute approximate surface area is 162 Å². The topological polar surface area (TPSA) is 103 Å². The number of carbonyl (C=O) groups excluding carboxylic acids is 1. The number of nitrogens with one attached hydrogen (secondary N) is 1. The molecule has 1 heterocycles. The summed E-state index contributed by atoms with van der Waals surface area (Å²) in [5.41, 5.74) is 1.89. The molecule has 1 aliphatic heterocycles. The second-order valence-electron chi connectivity index (χ2n) is 6.44. The molecule has 3 rings (SSSR count). The van der Waals surface area contributed by atoms with Gasteiger partial charge in [-0.3, -0.25) is 4.79 Å². The lowest BCUT2D eigenvalue weighted by Gasteiger charge is -2.21. The van der Waals surface area contributed by atoms with Crippen LogP contribution in [0.3, 0.4) is 0 Å². The van der Waals surface area contributed by atoms with Gasteiger partial charge in [-0.25, -0.2) is 0 Å². The van der Waals surface area contributed by atoms with Crippen LogP contribution in [0.15, 0.2) is 42.5 Å². The molecule has 0 fully saturated rings. The minimum atomic E-state index is -1.72. The molecule has 0 aliphatic carbocycles. The minimum Gasteiger partial charge on any atom is -0.491 e. The summed E-state index contributed by atoms with van der Waals surface area (Å²) in [7, 11) is -1.72. The Balaban J connectivity index is 1.68. The molecule has 3 N–H and O–H groups in total. The van der Waals surface area contributed by atoms with E-state index in [9.17, 15) is 14.8 Å². The molecule has 0 aromatic heterocycles. The first-order valence-electron chi connectivity index (χ1n) is 8.54. The van der Waals surface area contributed by atoms with Crippen molar-refractivity contribution >= 4 is 24.6 Å². The summed E-state index contributed by atoms with van der Waals surface area (Å²) < 4.78 is 5.61. The largest absolute Gasteiger partial charge is 0.491 e. The zero-order valence-corrected chi connectivity index (χ0v) is 15.2. The maximum atomic E-state index is 12.4. The van der Waals surface area contributed by atoms with Crippen molar-refractivity contribution in [2.75, 3.05) is 6.61 Å². The van der Waals surface area contributed by atoms with Crippen LogP contribution in [-0.4, -0.2) is 35.6 Å². The van der Waals surface area contributed by atoms with Gasteiger partial charge in [0.15, 0.2) is 0 Å². The van der Waals surface area contributed by atoms with Crippen molar-refractivity contribution in [3.63, 3.8) is 0 Å². The third-order valence-corrected chi connectivity index (χ3v) is 4.90. The number of carbonyl (C=O) groups is 1. The Morgan fingerprint density at radius 3 is 2.85 bits per heavy atom. The number of nitrogens with zero attached hydrogens (tertiary/aromatic N) is 1. The van der Waals surface area contributed by atoms with Gasteiger partial charge in [0, 0.05) is 11.5 Å². The van der Waals surface area contributed by atoms with Gasteiger partial charge in [0.05, 0.1) is 35.6 Å². The zero-order valence-electron chi connectivity index (χ0n) is 14.4. The molecule has 138 valence electrons. The highest BCUT2D eigenvalue weighted by Gasteiger charge is 2.33. The molecule has 0 bridgehead atoms. The summed E-state index contributed by atoms with van der Waals surface area (Å²) in [6, 6.07) is 14.3. The van der Waals surface area contributed by atoms with E-state index in [1.165, 1.54) is 0 Å². The molecule has 8 heteroatoms. The summed E-state index contributed by atoms with van der Waals surface area (Å²) in [4.78, 5) is 12.4. The summed E-state index contributed by atoms with van der Waals surface area (Å²) in [5, 5.41) is 31.7. The van der Waals surface area contributed by atoms with E-state index in [2.05, 4.69) is 5.32 Å². The fourth-order valence-corrected chi connectivity index (χ4v) is 3.48. The van der Waals surface area contributed by atoms with Gasteiger partial charge in [0.1, 0.15) is 5.75 Å². The maximum Gasteiger partial charge on any atom is 0.475 e. The number of hydrogen-bond donors (Lipinski definition) is 3. The predicted octanol–water partition coefficient (Wildman–Crippen LogP) is 1.82. The van der Waals surface area contributed by atoms with Crippen molar-refractivity contribution in [3.05, 3.63) is 64.2 Å². The normalized spacial score (nSPS) is 16.0. The van der Waals surface area contributed by atoms with E-state index in [-0.39, 0.29) is 24.7 Å². The number of ether oxygens (including phenoxy) is 1. The molecule has 2 atom stereocenters. The van der Waals surface area contributed by atoms with Gasteiger partial charge < -0.3 is 20.1 Å². The Morgan fingerprint density at radius 1 is 1.33 bits per heavy atom. The first kappa shape index (κ1) is 19.2. The Morgan fingerprint density at radius 2 is 2.11 bits per heavy atom. The van der Waals surface area contributed by atoms with Crippen molar-refractivity contribution in [2.45, 2.75) is 24.7 Å². The molecule has 2 aromatic rings. The van der Waals surface area contributed by atoms with Gasteiger partial charge >= 0.3 is 7.12 Å². The number of halogens is 1. The molecule has 2 aromatic carbocycles. The Bertz CT molecular complexity index is 884. The number of fused-ring (bicyclic) bond motifs is 1. The molecular formula is C19H18BClN2O4. The molecule has 0 saturated carbocycles. The summed E-state index contributed by atoms with van der Waals surface area (Å²) >= 11 is 6.12. The third kappa shape index (κ3) is 4.42. The highest BCUT2D eigenvalue weighted by atomic mass is 35.5. The maximum absolute atomic E-state index is 12.4. The van der Waals surface area contributed by atoms with Crippen molar-refractivity contribution in [3.8, 4) is 11.8 Å². The van der Waals surface area contributed by atoms with Crippen molar-refractivity contribution in [1.82, 2.24) is 5.32 Å². The first-order valence-corrected chi connectivity index (χ1v) is 8.92. The first-order chi connectivity index (χ1) is 13.0. The standard InChI is InChI=1S/C19H18BClN2O4/c21-16-7-3-6-15-14(11-27-19(15)16)8-17(20(25)26)23-18(24)9-12-4-1-2-5-13(12)10-22/h1-7,14,17,25-26H,8-9,11H2,(H,23,24)/t14-,17?/m1/s1. The lowest BCUT2D eigenvalue weighted by Crippen LogP contribution is -2.48. The molecule has 1 amide bonds. The smallest absolute Gasteiger partial charge is 0.475 e. The van der Waals surface area contributed by atoms with Crippen LogP contribution in [0.4, 0.5) is 0 Å². The van der Waals surface area contributed by atoms with E-state index >= 15 is 0 Å². The quantitative estimate of drug-likeness (QED) is 0.659. The molecule has 0 saturated heterocycles. The predicted molar refractivity (Wildman–Crippen MR) is 101 cm³/mol. The van der Waals surface area contributed by atoms with Gasteiger partial charge in [-0.2, -0.15) is 5.26 Å². The van der Waals surface area contributed by atoms with E-state index in [4.69, 9.17) is 21.6 Å². The third-order valence-electron chi connectivity index (χ3n) is 4.60. The molecule has 1 unspecified atom stereocenters. The van der Waals surface area contributed by atoms with Crippen LogP contribution in [0.25, 0.3) is 0 Å². The monoisotopic (exact) mass is 384 g/mol. The van der Waals surface area contributed by atoms with Crippen molar-refractivity contribution in [1.29, 1.82) is 5.26 Å². The van der Waals surface area contributed by atoms with Crippen LogP contribution in [0, 0.1) is 11.3 Å². The van der Waals surface area contributed by atoms with Crippen LogP contribution < -0.4 is 10.1 Å². The van der Waals surface area contributed by atoms with Crippen LogP contribution >= 0.6 is 11.6 Å². The van der Waals surface area contributed by atoms with Crippen LogP contribution in [0.2, 0.25) is 5.02 Å². The number of amides is 1. The molecule has 6 nitrogen and oxygen atoms in total. The summed E-state index contributed by atoms with van der Waals surface area (Å²) in [6.07, 6.45) is 0.271. The minimum absolute atomic E-state index is 0.0173. The summed E-state index contributed by atoms with van der Waals surface area (Å²) in [5.74, 6) is -0.770. The SMILES string of the molecule is N#Cc1ccccc1CC(=O)NC(C[C@@H]1COc2c(Cl)cccc21)B(O)O. The molecule has 0 radical (unpaired) electrons. The lowest BCUT2D eigenvalue weighted by molar-refractivity contribution is -0.120. The Hall–Kier alpha value is -2.53. The van der Waals surface area contributed by atoms with Crippen molar-refractivity contribution in [2.24, 2.45) is 0 Å². The Kier molecular flexibility index (Phi) is 6.02. The van der Waals surface area contributed by atoms with Crippen LogP contribution in [0.5, 0.6) is 5.75 Å². The van der Waals surface area contributed by atoms with E-state index < -0.39 is 13.1 Å². The van der Waals surface area contributed by atoms with E-state index in [1.54, 1.807) is 30.3 Å². The van der Waals surface area contributed by atoms with Crippen LogP contribution in [0.1, 0.15) is 29.0 Å². The van der Waals surface area contributed by atoms with E-state index in [1.807, 2.05) is 18.2 Å². The van der Waals surface area contributed by atoms with E-state index in [0.717, 1.165) is 5.56 Å². The number of rotatable bonds is 6. The second kappa shape index (κ2) is 8.44. The molecule has 1 aliphatic rings. The number of benzene rings is 2. The van der Waals surface area contributed by atoms with E-state index in [0.29, 0.717) is 28.5 Å².